The lowest BCUT2D eigenvalue weighted by Crippen LogP contribution is -2.37. The Kier molecular flexibility index (Phi) is 4.92. The van der Waals surface area contributed by atoms with E-state index in [0.29, 0.717) is 12.2 Å². The van der Waals surface area contributed by atoms with Gasteiger partial charge in [0.2, 0.25) is 0 Å². The summed E-state index contributed by atoms with van der Waals surface area (Å²) >= 11 is 0. The van der Waals surface area contributed by atoms with Gasteiger partial charge in [0, 0.05) is 30.9 Å². The third kappa shape index (κ3) is 3.54. The van der Waals surface area contributed by atoms with Crippen LogP contribution in [0.1, 0.15) is 41.0 Å². The quantitative estimate of drug-likeness (QED) is 0.720. The van der Waals surface area contributed by atoms with Crippen molar-refractivity contribution < 1.29 is 27.1 Å². The van der Waals surface area contributed by atoms with Crippen LogP contribution in [-0.2, 0) is 12.6 Å². The number of hydrogen-bond donors (Lipinski definition) is 0. The summed E-state index contributed by atoms with van der Waals surface area (Å²) in [6, 6.07) is 4.18. The summed E-state index contributed by atoms with van der Waals surface area (Å²) in [7, 11) is 1.32. The molecule has 1 aromatic carbocycles. The van der Waals surface area contributed by atoms with E-state index in [-0.39, 0.29) is 35.2 Å². The molecular formula is C20H19F4N3O2. The molecule has 1 amide bonds. The third-order valence-corrected chi connectivity index (χ3v) is 5.78. The summed E-state index contributed by atoms with van der Waals surface area (Å²) in [6.45, 7) is 0. The van der Waals surface area contributed by atoms with Gasteiger partial charge in [-0.25, -0.2) is 14.4 Å². The number of benzene rings is 1. The highest BCUT2D eigenvalue weighted by atomic mass is 19.4. The van der Waals surface area contributed by atoms with E-state index in [4.69, 9.17) is 4.74 Å². The first kappa shape index (κ1) is 19.6. The van der Waals surface area contributed by atoms with E-state index in [2.05, 4.69) is 9.97 Å². The fraction of sp³-hybridized carbons (Fsp3) is 0.450. The summed E-state index contributed by atoms with van der Waals surface area (Å²) < 4.78 is 57.1. The van der Waals surface area contributed by atoms with Crippen molar-refractivity contribution in [1.82, 2.24) is 14.9 Å². The second-order valence-corrected chi connectivity index (χ2v) is 7.42. The number of carbonyl (C=O) groups is 1. The molecule has 2 fully saturated rings. The van der Waals surface area contributed by atoms with Crippen LogP contribution < -0.4 is 4.74 Å². The van der Waals surface area contributed by atoms with Crippen LogP contribution in [0, 0.1) is 11.7 Å². The molecule has 0 N–H and O–H groups in total. The number of rotatable bonds is 4. The first-order valence-corrected chi connectivity index (χ1v) is 9.33. The average molecular weight is 409 g/mol. The molecule has 9 heteroatoms. The Morgan fingerprint density at radius 3 is 2.62 bits per heavy atom. The van der Waals surface area contributed by atoms with Crippen molar-refractivity contribution in [3.05, 3.63) is 53.4 Å². The van der Waals surface area contributed by atoms with E-state index < -0.39 is 17.6 Å². The molecule has 0 aliphatic carbocycles. The lowest BCUT2D eigenvalue weighted by Gasteiger charge is -2.25. The number of methoxy groups -OCH3 is 1. The first-order valence-electron chi connectivity index (χ1n) is 9.33. The maximum atomic E-state index is 14.0. The van der Waals surface area contributed by atoms with Crippen molar-refractivity contribution >= 4 is 5.91 Å². The number of ether oxygens (including phenoxy) is 1. The van der Waals surface area contributed by atoms with Crippen molar-refractivity contribution in [2.45, 2.75) is 43.9 Å². The number of amides is 1. The molecule has 2 saturated heterocycles. The summed E-state index contributed by atoms with van der Waals surface area (Å²) in [5, 5.41) is 0. The molecule has 1 aromatic heterocycles. The van der Waals surface area contributed by atoms with Gasteiger partial charge in [-0.3, -0.25) is 4.79 Å². The molecule has 2 bridgehead atoms. The van der Waals surface area contributed by atoms with Crippen LogP contribution in [0.2, 0.25) is 0 Å². The molecule has 29 heavy (non-hydrogen) atoms. The van der Waals surface area contributed by atoms with Crippen molar-refractivity contribution in [3.63, 3.8) is 0 Å². The first-order chi connectivity index (χ1) is 13.8. The second-order valence-electron chi connectivity index (χ2n) is 7.42. The van der Waals surface area contributed by atoms with Gasteiger partial charge in [-0.1, -0.05) is 6.07 Å². The van der Waals surface area contributed by atoms with Crippen LogP contribution in [-0.4, -0.2) is 40.0 Å². The third-order valence-electron chi connectivity index (χ3n) is 5.78. The largest absolute Gasteiger partial charge is 0.493 e. The van der Waals surface area contributed by atoms with E-state index in [1.54, 1.807) is 4.90 Å². The molecule has 2 aromatic rings. The Morgan fingerprint density at radius 2 is 1.97 bits per heavy atom. The number of halogens is 4. The molecule has 2 aliphatic rings. The predicted molar refractivity (Wildman–Crippen MR) is 94.8 cm³/mol. The van der Waals surface area contributed by atoms with Gasteiger partial charge >= 0.3 is 6.18 Å². The van der Waals surface area contributed by atoms with Crippen LogP contribution in [0.25, 0.3) is 0 Å². The number of fused-ring (bicyclic) bond motifs is 2. The van der Waals surface area contributed by atoms with E-state index in [9.17, 15) is 22.4 Å². The topological polar surface area (TPSA) is 55.3 Å². The molecule has 2 aliphatic heterocycles. The molecule has 0 radical (unpaired) electrons. The van der Waals surface area contributed by atoms with E-state index >= 15 is 0 Å². The van der Waals surface area contributed by atoms with Crippen LogP contribution >= 0.6 is 0 Å². The highest BCUT2D eigenvalue weighted by molar-refractivity contribution is 5.97. The Balaban J connectivity index is 1.52. The highest BCUT2D eigenvalue weighted by Crippen LogP contribution is 2.44. The number of hydrogen-bond acceptors (Lipinski definition) is 4. The minimum atomic E-state index is -4.47. The highest BCUT2D eigenvalue weighted by Gasteiger charge is 2.49. The van der Waals surface area contributed by atoms with Crippen molar-refractivity contribution in [2.75, 3.05) is 7.11 Å². The molecule has 0 spiro atoms. The van der Waals surface area contributed by atoms with Crippen molar-refractivity contribution in [2.24, 2.45) is 5.92 Å². The molecule has 4 rings (SSSR count). The number of nitrogens with zero attached hydrogens (tertiary/aromatic N) is 3. The number of para-hydroxylation sites is 1. The fourth-order valence-corrected chi connectivity index (χ4v) is 4.51. The van der Waals surface area contributed by atoms with Crippen LogP contribution in [0.4, 0.5) is 17.6 Å². The van der Waals surface area contributed by atoms with E-state index in [1.807, 2.05) is 0 Å². The van der Waals surface area contributed by atoms with Gasteiger partial charge in [-0.15, -0.1) is 0 Å². The molecule has 3 heterocycles. The smallest absolute Gasteiger partial charge is 0.419 e. The van der Waals surface area contributed by atoms with Gasteiger partial charge in [0.25, 0.3) is 5.91 Å². The normalized spacial score (nSPS) is 23.5. The van der Waals surface area contributed by atoms with Crippen molar-refractivity contribution in [3.8, 4) is 5.75 Å². The van der Waals surface area contributed by atoms with Crippen LogP contribution in [0.15, 0.2) is 30.6 Å². The summed E-state index contributed by atoms with van der Waals surface area (Å²) in [5.41, 5.74) is -0.708. The van der Waals surface area contributed by atoms with Crippen LogP contribution in [0.5, 0.6) is 5.75 Å². The maximum absolute atomic E-state index is 14.0. The van der Waals surface area contributed by atoms with Gasteiger partial charge in [-0.2, -0.15) is 13.2 Å². The lowest BCUT2D eigenvalue weighted by molar-refractivity contribution is -0.138. The van der Waals surface area contributed by atoms with E-state index in [1.165, 1.54) is 25.3 Å². The minimum Gasteiger partial charge on any atom is -0.493 e. The number of carbonyl (C=O) groups excluding carboxylic acids is 1. The Morgan fingerprint density at radius 1 is 1.24 bits per heavy atom. The lowest BCUT2D eigenvalue weighted by atomic mass is 9.86. The Hall–Kier alpha value is -2.71. The number of aromatic nitrogens is 2. The summed E-state index contributed by atoms with van der Waals surface area (Å²) in [4.78, 5) is 22.6. The predicted octanol–water partition coefficient (Wildman–Crippen LogP) is 3.88. The zero-order valence-electron chi connectivity index (χ0n) is 15.6. The second kappa shape index (κ2) is 7.27. The van der Waals surface area contributed by atoms with Gasteiger partial charge in [0.1, 0.15) is 5.82 Å². The van der Waals surface area contributed by atoms with Gasteiger partial charge in [0.15, 0.2) is 11.6 Å². The van der Waals surface area contributed by atoms with Crippen molar-refractivity contribution in [1.29, 1.82) is 0 Å². The summed E-state index contributed by atoms with van der Waals surface area (Å²) in [5.74, 6) is -0.587. The SMILES string of the molecule is COc1c(F)cccc1C(=O)N1C2CCC1C(Cc1ncc(C(F)(F)F)cn1)C2. The monoisotopic (exact) mass is 409 g/mol. The van der Waals surface area contributed by atoms with Gasteiger partial charge in [-0.05, 0) is 37.3 Å². The summed E-state index contributed by atoms with van der Waals surface area (Å²) in [6.07, 6.45) is -0.149. The molecule has 0 saturated carbocycles. The minimum absolute atomic E-state index is 0.0138. The van der Waals surface area contributed by atoms with Gasteiger partial charge in [0.05, 0.1) is 18.2 Å². The molecule has 3 unspecified atom stereocenters. The Bertz CT molecular complexity index is 917. The number of alkyl halides is 3. The van der Waals surface area contributed by atoms with Gasteiger partial charge < -0.3 is 9.64 Å². The molecule has 154 valence electrons. The molecular weight excluding hydrogens is 390 g/mol. The van der Waals surface area contributed by atoms with E-state index in [0.717, 1.165) is 31.7 Å². The maximum Gasteiger partial charge on any atom is 0.419 e. The molecule has 3 atom stereocenters. The Labute approximate surface area is 164 Å². The molecule has 5 nitrogen and oxygen atoms in total. The zero-order valence-corrected chi connectivity index (χ0v) is 15.6. The zero-order chi connectivity index (χ0) is 20.8. The standard InChI is InChI=1S/C20H19F4N3O2/c1-29-18-14(3-2-4-15(18)21)19(28)27-13-5-6-16(27)11(7-13)8-17-25-9-12(10-26-17)20(22,23)24/h2-4,9-11,13,16H,5-8H2,1H3. The fourth-order valence-electron chi connectivity index (χ4n) is 4.51. The van der Waals surface area contributed by atoms with Crippen LogP contribution in [0.3, 0.4) is 0 Å². The average Bonchev–Trinajstić information content (AvgIpc) is 3.24.